The van der Waals surface area contributed by atoms with Crippen molar-refractivity contribution >= 4 is 21.6 Å². The van der Waals surface area contributed by atoms with Gasteiger partial charge in [-0.2, -0.15) is 0 Å². The molecule has 1 aliphatic heterocycles. The summed E-state index contributed by atoms with van der Waals surface area (Å²) in [6.45, 7) is 4.40. The molecule has 0 aromatic heterocycles. The monoisotopic (exact) mass is 372 g/mol. The summed E-state index contributed by atoms with van der Waals surface area (Å²) in [6, 6.07) is 14.3. The maximum Gasteiger partial charge on any atom is 0.241 e. The number of nitrogens with one attached hydrogen (secondary N) is 1. The molecule has 2 aromatic rings. The normalized spacial score (nSPS) is 14.9. The molecule has 0 aliphatic carbocycles. The molecule has 6 heteroatoms. The molecule has 0 spiro atoms. The third kappa shape index (κ3) is 3.66. The van der Waals surface area contributed by atoms with E-state index in [2.05, 4.69) is 4.72 Å². The van der Waals surface area contributed by atoms with E-state index >= 15 is 0 Å². The van der Waals surface area contributed by atoms with E-state index in [1.165, 1.54) is 0 Å². The fraction of sp³-hybridized carbons (Fsp3) is 0.350. The number of fused-ring (bicyclic) bond motifs is 1. The smallest absolute Gasteiger partial charge is 0.241 e. The highest BCUT2D eigenvalue weighted by Crippen LogP contribution is 2.31. The maximum atomic E-state index is 12.9. The second-order valence-corrected chi connectivity index (χ2v) is 8.15. The van der Waals surface area contributed by atoms with E-state index < -0.39 is 10.0 Å². The van der Waals surface area contributed by atoms with E-state index in [4.69, 9.17) is 0 Å². The molecule has 3 rings (SSSR count). The number of carbonyl (C=O) groups excluding carboxylic acids is 1. The van der Waals surface area contributed by atoms with E-state index in [-0.39, 0.29) is 16.8 Å². The van der Waals surface area contributed by atoms with Gasteiger partial charge in [-0.15, -0.1) is 0 Å². The van der Waals surface area contributed by atoms with Crippen LogP contribution in [0.1, 0.15) is 43.9 Å². The molecule has 0 bridgehead atoms. The van der Waals surface area contributed by atoms with Crippen LogP contribution in [0.5, 0.6) is 0 Å². The summed E-state index contributed by atoms with van der Waals surface area (Å²) in [7, 11) is -3.64. The molecule has 0 radical (unpaired) electrons. The highest BCUT2D eigenvalue weighted by Gasteiger charge is 2.26. The number of anilines is 1. The van der Waals surface area contributed by atoms with Crippen LogP contribution in [0.4, 0.5) is 5.69 Å². The standard InChI is InChI=1S/C20H24N2O3S/c1-3-18(15-8-6-5-7-9-15)21-26(24,25)17-10-11-19-16(14-17)12-13-22(19)20(23)4-2/h5-11,14,18,21H,3-4,12-13H2,1-2H3. The molecule has 1 N–H and O–H groups in total. The number of nitrogens with zero attached hydrogens (tertiary/aromatic N) is 1. The molecular weight excluding hydrogens is 348 g/mol. The Morgan fingerprint density at radius 1 is 1.15 bits per heavy atom. The highest BCUT2D eigenvalue weighted by atomic mass is 32.2. The summed E-state index contributed by atoms with van der Waals surface area (Å²) in [5.74, 6) is 0.0626. The quantitative estimate of drug-likeness (QED) is 0.845. The van der Waals surface area contributed by atoms with Gasteiger partial charge in [0.15, 0.2) is 0 Å². The number of hydrogen-bond acceptors (Lipinski definition) is 3. The average molecular weight is 372 g/mol. The number of amides is 1. The number of hydrogen-bond donors (Lipinski definition) is 1. The van der Waals surface area contributed by atoms with Crippen molar-refractivity contribution in [1.29, 1.82) is 0 Å². The third-order valence-corrected chi connectivity index (χ3v) is 6.24. The van der Waals surface area contributed by atoms with Crippen LogP contribution in [-0.2, 0) is 21.2 Å². The van der Waals surface area contributed by atoms with Crippen molar-refractivity contribution < 1.29 is 13.2 Å². The van der Waals surface area contributed by atoms with Crippen molar-refractivity contribution in [1.82, 2.24) is 4.72 Å². The van der Waals surface area contributed by atoms with Crippen LogP contribution in [0.15, 0.2) is 53.4 Å². The average Bonchev–Trinajstić information content (AvgIpc) is 3.09. The summed E-state index contributed by atoms with van der Waals surface area (Å²) < 4.78 is 28.5. The first-order chi connectivity index (χ1) is 12.5. The van der Waals surface area contributed by atoms with Crippen LogP contribution in [-0.4, -0.2) is 20.9 Å². The Balaban J connectivity index is 1.85. The summed E-state index contributed by atoms with van der Waals surface area (Å²) >= 11 is 0. The van der Waals surface area contributed by atoms with Crippen molar-refractivity contribution in [3.8, 4) is 0 Å². The van der Waals surface area contributed by atoms with E-state index in [1.54, 1.807) is 23.1 Å². The number of rotatable bonds is 6. The van der Waals surface area contributed by atoms with Gasteiger partial charge in [0.05, 0.1) is 4.90 Å². The van der Waals surface area contributed by atoms with E-state index in [9.17, 15) is 13.2 Å². The molecule has 2 aromatic carbocycles. The van der Waals surface area contributed by atoms with E-state index in [0.717, 1.165) is 16.8 Å². The van der Waals surface area contributed by atoms with Gasteiger partial charge in [-0.25, -0.2) is 13.1 Å². The zero-order chi connectivity index (χ0) is 18.7. The lowest BCUT2D eigenvalue weighted by Crippen LogP contribution is -2.29. The zero-order valence-electron chi connectivity index (χ0n) is 15.1. The van der Waals surface area contributed by atoms with Gasteiger partial charge in [0.25, 0.3) is 0 Å². The fourth-order valence-electron chi connectivity index (χ4n) is 3.32. The second-order valence-electron chi connectivity index (χ2n) is 6.43. The van der Waals surface area contributed by atoms with Crippen LogP contribution in [0.3, 0.4) is 0 Å². The van der Waals surface area contributed by atoms with Crippen molar-refractivity contribution in [2.45, 2.75) is 44.0 Å². The molecule has 1 heterocycles. The van der Waals surface area contributed by atoms with E-state index in [1.807, 2.05) is 44.2 Å². The lowest BCUT2D eigenvalue weighted by molar-refractivity contribution is -0.118. The molecule has 1 amide bonds. The highest BCUT2D eigenvalue weighted by molar-refractivity contribution is 7.89. The Kier molecular flexibility index (Phi) is 5.44. The molecule has 5 nitrogen and oxygen atoms in total. The summed E-state index contributed by atoms with van der Waals surface area (Å²) in [6.07, 6.45) is 1.78. The van der Waals surface area contributed by atoms with Crippen LogP contribution in [0, 0.1) is 0 Å². The minimum absolute atomic E-state index is 0.0626. The van der Waals surface area contributed by atoms with Crippen LogP contribution >= 0.6 is 0 Å². The molecule has 26 heavy (non-hydrogen) atoms. The SMILES string of the molecule is CCC(=O)N1CCc2cc(S(=O)(=O)NC(CC)c3ccccc3)ccc21. The first-order valence-electron chi connectivity index (χ1n) is 8.96. The fourth-order valence-corrected chi connectivity index (χ4v) is 4.68. The zero-order valence-corrected chi connectivity index (χ0v) is 15.9. The van der Waals surface area contributed by atoms with Gasteiger partial charge in [0, 0.05) is 24.7 Å². The number of sulfonamides is 1. The minimum Gasteiger partial charge on any atom is -0.312 e. The Bertz CT molecular complexity index is 895. The molecular formula is C20H24N2O3S. The molecule has 0 fully saturated rings. The largest absolute Gasteiger partial charge is 0.312 e. The molecule has 1 atom stereocenters. The van der Waals surface area contributed by atoms with Gasteiger partial charge < -0.3 is 4.90 Å². The Labute approximate surface area is 155 Å². The molecule has 138 valence electrons. The van der Waals surface area contributed by atoms with Gasteiger partial charge in [-0.3, -0.25) is 4.79 Å². The van der Waals surface area contributed by atoms with Crippen molar-refractivity contribution in [2.24, 2.45) is 0 Å². The van der Waals surface area contributed by atoms with Gasteiger partial charge >= 0.3 is 0 Å². The Hall–Kier alpha value is -2.18. The van der Waals surface area contributed by atoms with Crippen LogP contribution in [0.25, 0.3) is 0 Å². The maximum absolute atomic E-state index is 12.9. The van der Waals surface area contributed by atoms with Crippen molar-refractivity contribution in [3.05, 3.63) is 59.7 Å². The van der Waals surface area contributed by atoms with Crippen LogP contribution in [0.2, 0.25) is 0 Å². The predicted octanol–water partition coefficient (Wildman–Crippen LogP) is 3.42. The molecule has 0 saturated carbocycles. The van der Waals surface area contributed by atoms with Gasteiger partial charge in [0.1, 0.15) is 0 Å². The Morgan fingerprint density at radius 2 is 1.88 bits per heavy atom. The van der Waals surface area contributed by atoms with Gasteiger partial charge in [-0.05, 0) is 42.2 Å². The molecule has 1 unspecified atom stereocenters. The summed E-state index contributed by atoms with van der Waals surface area (Å²) in [5.41, 5.74) is 2.67. The van der Waals surface area contributed by atoms with Gasteiger partial charge in [-0.1, -0.05) is 44.2 Å². The molecule has 1 aliphatic rings. The molecule has 0 saturated heterocycles. The lowest BCUT2D eigenvalue weighted by Gasteiger charge is -2.19. The number of carbonyl (C=O) groups is 1. The lowest BCUT2D eigenvalue weighted by atomic mass is 10.1. The number of benzene rings is 2. The predicted molar refractivity (Wildman–Crippen MR) is 103 cm³/mol. The second kappa shape index (κ2) is 7.60. The first-order valence-corrected chi connectivity index (χ1v) is 10.4. The van der Waals surface area contributed by atoms with E-state index in [0.29, 0.717) is 25.8 Å². The summed E-state index contributed by atoms with van der Waals surface area (Å²) in [5, 5.41) is 0. The van der Waals surface area contributed by atoms with Crippen LogP contribution < -0.4 is 9.62 Å². The summed E-state index contributed by atoms with van der Waals surface area (Å²) in [4.78, 5) is 14.0. The Morgan fingerprint density at radius 3 is 2.54 bits per heavy atom. The topological polar surface area (TPSA) is 66.5 Å². The third-order valence-electron chi connectivity index (χ3n) is 4.77. The first kappa shape index (κ1) is 18.6. The van der Waals surface area contributed by atoms with Crippen molar-refractivity contribution in [3.63, 3.8) is 0 Å². The van der Waals surface area contributed by atoms with Gasteiger partial charge in [0.2, 0.25) is 15.9 Å². The van der Waals surface area contributed by atoms with Crippen molar-refractivity contribution in [2.75, 3.05) is 11.4 Å². The minimum atomic E-state index is -3.64.